The van der Waals surface area contributed by atoms with E-state index in [1.54, 1.807) is 35.5 Å². The van der Waals surface area contributed by atoms with Crippen LogP contribution in [0.1, 0.15) is 10.4 Å². The van der Waals surface area contributed by atoms with E-state index in [0.717, 1.165) is 0 Å². The van der Waals surface area contributed by atoms with Gasteiger partial charge in [0.2, 0.25) is 5.95 Å². The van der Waals surface area contributed by atoms with Gasteiger partial charge in [0.15, 0.2) is 0 Å². The molecule has 2 atom stereocenters. The number of likely N-dealkylation sites (tertiary alicyclic amines) is 1. The fourth-order valence-electron chi connectivity index (χ4n) is 3.35. The lowest BCUT2D eigenvalue weighted by Crippen LogP contribution is -2.51. The van der Waals surface area contributed by atoms with E-state index in [2.05, 4.69) is 14.9 Å². The lowest BCUT2D eigenvalue weighted by molar-refractivity contribution is -0.192. The zero-order valence-corrected chi connectivity index (χ0v) is 16.0. The Kier molecular flexibility index (Phi) is 6.68. The Morgan fingerprint density at radius 1 is 1.13 bits per heavy atom. The summed E-state index contributed by atoms with van der Waals surface area (Å²) in [6.07, 6.45) is -1.76. The number of hydrogen-bond donors (Lipinski definition) is 1. The summed E-state index contributed by atoms with van der Waals surface area (Å²) in [6, 6.07) is 7.56. The zero-order chi connectivity index (χ0) is 22.6. The molecular weight excluding hydrogens is 424 g/mol. The lowest BCUT2D eigenvalue weighted by Gasteiger charge is -2.36. The maximum absolute atomic E-state index is 13.4. The first-order valence-corrected chi connectivity index (χ1v) is 9.17. The number of hydrogen-bond acceptors (Lipinski definition) is 6. The van der Waals surface area contributed by atoms with Crippen LogP contribution >= 0.6 is 0 Å². The van der Waals surface area contributed by atoms with Crippen molar-refractivity contribution >= 4 is 17.8 Å². The third kappa shape index (κ3) is 5.45. The van der Waals surface area contributed by atoms with Crippen molar-refractivity contribution in [2.45, 2.75) is 18.3 Å². The number of ether oxygens (including phenoxy) is 1. The number of aromatic nitrogens is 2. The van der Waals surface area contributed by atoms with E-state index in [-0.39, 0.29) is 18.1 Å². The Bertz CT molecular complexity index is 929. The number of aliphatic carboxylic acids is 1. The topological polar surface area (TPSA) is 95.9 Å². The molecule has 2 aliphatic heterocycles. The summed E-state index contributed by atoms with van der Waals surface area (Å²) in [5.74, 6) is -2.70. The van der Waals surface area contributed by atoms with Crippen LogP contribution in [0.2, 0.25) is 0 Å². The highest BCUT2D eigenvalue weighted by atomic mass is 19.4. The van der Waals surface area contributed by atoms with Gasteiger partial charge < -0.3 is 19.6 Å². The van der Waals surface area contributed by atoms with Crippen molar-refractivity contribution in [3.8, 4) is 0 Å². The second-order valence-electron chi connectivity index (χ2n) is 6.74. The molecule has 0 radical (unpaired) electrons. The molecule has 0 aliphatic carbocycles. The van der Waals surface area contributed by atoms with Crippen LogP contribution in [0.15, 0.2) is 42.7 Å². The SMILES string of the molecule is O=C(O)C(F)(F)F.O=C(c1cccc(F)c1)N1C[C@@H]2OCCN(c3ncccn3)[C@@H]2C1. The number of carbonyl (C=O) groups is 2. The highest BCUT2D eigenvalue weighted by molar-refractivity contribution is 5.94. The molecule has 2 saturated heterocycles. The third-order valence-electron chi connectivity index (χ3n) is 4.71. The first-order chi connectivity index (χ1) is 14.7. The number of rotatable bonds is 2. The van der Waals surface area contributed by atoms with E-state index in [9.17, 15) is 22.4 Å². The van der Waals surface area contributed by atoms with E-state index in [1.807, 2.05) is 0 Å². The average molecular weight is 442 g/mol. The van der Waals surface area contributed by atoms with Crippen molar-refractivity contribution in [1.29, 1.82) is 0 Å². The van der Waals surface area contributed by atoms with Crippen LogP contribution in [0.5, 0.6) is 0 Å². The molecule has 1 aromatic heterocycles. The number of benzene rings is 1. The summed E-state index contributed by atoms with van der Waals surface area (Å²) in [5, 5.41) is 7.12. The first kappa shape index (κ1) is 22.4. The number of amides is 1. The number of anilines is 1. The van der Waals surface area contributed by atoms with E-state index in [1.165, 1.54) is 12.1 Å². The van der Waals surface area contributed by atoms with Crippen molar-refractivity contribution in [3.63, 3.8) is 0 Å². The molecule has 0 spiro atoms. The predicted molar refractivity (Wildman–Crippen MR) is 98.9 cm³/mol. The van der Waals surface area contributed by atoms with E-state index in [0.29, 0.717) is 37.8 Å². The van der Waals surface area contributed by atoms with Gasteiger partial charge in [0.1, 0.15) is 5.82 Å². The summed E-state index contributed by atoms with van der Waals surface area (Å²) in [6.45, 7) is 2.26. The molecule has 0 unspecified atom stereocenters. The molecule has 4 rings (SSSR count). The Hall–Kier alpha value is -3.28. The smallest absolute Gasteiger partial charge is 0.475 e. The van der Waals surface area contributed by atoms with Crippen molar-refractivity contribution in [3.05, 3.63) is 54.1 Å². The van der Waals surface area contributed by atoms with E-state index >= 15 is 0 Å². The molecule has 2 aliphatic rings. The van der Waals surface area contributed by atoms with Crippen LogP contribution in [-0.4, -0.2) is 76.4 Å². The lowest BCUT2D eigenvalue weighted by atomic mass is 10.1. The fourth-order valence-corrected chi connectivity index (χ4v) is 3.35. The van der Waals surface area contributed by atoms with Crippen molar-refractivity contribution in [2.24, 2.45) is 0 Å². The van der Waals surface area contributed by atoms with Crippen LogP contribution in [0.3, 0.4) is 0 Å². The number of morpholine rings is 1. The second-order valence-corrected chi connectivity index (χ2v) is 6.74. The van der Waals surface area contributed by atoms with Gasteiger partial charge in [-0.05, 0) is 24.3 Å². The molecule has 1 aromatic carbocycles. The quantitative estimate of drug-likeness (QED) is 0.711. The monoisotopic (exact) mass is 442 g/mol. The van der Waals surface area contributed by atoms with Gasteiger partial charge in [0.25, 0.3) is 5.91 Å². The summed E-state index contributed by atoms with van der Waals surface area (Å²) in [7, 11) is 0. The van der Waals surface area contributed by atoms with Gasteiger partial charge in [-0.25, -0.2) is 19.2 Å². The van der Waals surface area contributed by atoms with Gasteiger partial charge in [0, 0.05) is 37.6 Å². The number of halogens is 4. The van der Waals surface area contributed by atoms with Gasteiger partial charge in [-0.3, -0.25) is 4.79 Å². The highest BCUT2D eigenvalue weighted by Crippen LogP contribution is 2.26. The predicted octanol–water partition coefficient (Wildman–Crippen LogP) is 1.98. The van der Waals surface area contributed by atoms with Crippen LogP contribution in [0.4, 0.5) is 23.5 Å². The molecule has 2 fully saturated rings. The van der Waals surface area contributed by atoms with Crippen molar-refractivity contribution in [1.82, 2.24) is 14.9 Å². The number of carboxylic acids is 1. The summed E-state index contributed by atoms with van der Waals surface area (Å²) >= 11 is 0. The van der Waals surface area contributed by atoms with Gasteiger partial charge in [0.05, 0.1) is 18.8 Å². The standard InChI is InChI=1S/C17H17FN4O2.C2HF3O2/c18-13-4-1-3-12(9-13)16(23)21-10-14-15(11-21)24-8-7-22(14)17-19-5-2-6-20-17;3-2(4,5)1(6)7/h1-6,9,14-15H,7-8,10-11H2;(H,6,7)/t14-,15+;/m1./s1. The number of fused-ring (bicyclic) bond motifs is 1. The van der Waals surface area contributed by atoms with Crippen LogP contribution in [0.25, 0.3) is 0 Å². The summed E-state index contributed by atoms with van der Waals surface area (Å²) in [4.78, 5) is 34.0. The third-order valence-corrected chi connectivity index (χ3v) is 4.71. The van der Waals surface area contributed by atoms with E-state index < -0.39 is 18.0 Å². The Morgan fingerprint density at radius 3 is 2.42 bits per heavy atom. The number of carboxylic acid groups (broad SMARTS) is 1. The minimum Gasteiger partial charge on any atom is -0.475 e. The van der Waals surface area contributed by atoms with Crippen molar-refractivity contribution in [2.75, 3.05) is 31.1 Å². The molecule has 3 heterocycles. The minimum absolute atomic E-state index is 0.0126. The second kappa shape index (κ2) is 9.25. The number of alkyl halides is 3. The largest absolute Gasteiger partial charge is 0.490 e. The molecule has 8 nitrogen and oxygen atoms in total. The molecule has 2 aromatic rings. The highest BCUT2D eigenvalue weighted by Gasteiger charge is 2.43. The summed E-state index contributed by atoms with van der Waals surface area (Å²) < 4.78 is 50.9. The maximum Gasteiger partial charge on any atom is 0.490 e. The number of nitrogens with zero attached hydrogens (tertiary/aromatic N) is 4. The molecule has 31 heavy (non-hydrogen) atoms. The molecule has 1 amide bonds. The fraction of sp³-hybridized carbons (Fsp3) is 0.368. The maximum atomic E-state index is 13.4. The van der Waals surface area contributed by atoms with Crippen LogP contribution < -0.4 is 4.90 Å². The van der Waals surface area contributed by atoms with Crippen LogP contribution in [-0.2, 0) is 9.53 Å². The Balaban J connectivity index is 0.000000339. The average Bonchev–Trinajstić information content (AvgIpc) is 3.18. The van der Waals surface area contributed by atoms with Gasteiger partial charge in [-0.2, -0.15) is 13.2 Å². The van der Waals surface area contributed by atoms with E-state index in [4.69, 9.17) is 14.6 Å². The molecule has 1 N–H and O–H groups in total. The normalized spacial score (nSPS) is 20.5. The zero-order valence-electron chi connectivity index (χ0n) is 16.0. The molecule has 12 heteroatoms. The molecule has 0 saturated carbocycles. The Morgan fingerprint density at radius 2 is 1.81 bits per heavy atom. The van der Waals surface area contributed by atoms with Gasteiger partial charge in [-0.1, -0.05) is 6.07 Å². The van der Waals surface area contributed by atoms with Crippen LogP contribution in [0, 0.1) is 5.82 Å². The molecule has 0 bridgehead atoms. The first-order valence-electron chi connectivity index (χ1n) is 9.17. The minimum atomic E-state index is -5.08. The van der Waals surface area contributed by atoms with Gasteiger partial charge >= 0.3 is 12.1 Å². The molecule has 166 valence electrons. The summed E-state index contributed by atoms with van der Waals surface area (Å²) in [5.41, 5.74) is 0.358. The van der Waals surface area contributed by atoms with Gasteiger partial charge in [-0.15, -0.1) is 0 Å². The number of carbonyl (C=O) groups excluding carboxylic acids is 1. The Labute approximate surface area is 174 Å². The van der Waals surface area contributed by atoms with Crippen molar-refractivity contribution < 1.29 is 37.0 Å². The molecular formula is C19H18F4N4O4.